The molecule has 2 aliphatic rings. The molecule has 6 nitrogen and oxygen atoms in total. The van der Waals surface area contributed by atoms with Crippen molar-refractivity contribution in [3.05, 3.63) is 70.3 Å². The predicted octanol–water partition coefficient (Wildman–Crippen LogP) is 4.16. The Kier molecular flexibility index (Phi) is 6.92. The number of carbonyl (C=O) groups is 1. The fourth-order valence-corrected chi connectivity index (χ4v) is 4.25. The van der Waals surface area contributed by atoms with Gasteiger partial charge in [0.2, 0.25) is 5.91 Å². The van der Waals surface area contributed by atoms with Crippen molar-refractivity contribution < 1.29 is 32.5 Å². The highest BCUT2D eigenvalue weighted by Gasteiger charge is 2.34. The molecule has 2 heterocycles. The molecule has 0 bridgehead atoms. The second-order valence-electron chi connectivity index (χ2n) is 8.17. The van der Waals surface area contributed by atoms with Gasteiger partial charge in [0.1, 0.15) is 12.4 Å². The zero-order valence-electron chi connectivity index (χ0n) is 18.6. The van der Waals surface area contributed by atoms with E-state index < -0.39 is 11.7 Å². The highest BCUT2D eigenvalue weighted by molar-refractivity contribution is 6.12. The molecule has 0 saturated carbocycles. The van der Waals surface area contributed by atoms with Crippen LogP contribution in [0.3, 0.4) is 0 Å². The molecule has 0 radical (unpaired) electrons. The van der Waals surface area contributed by atoms with E-state index in [0.717, 1.165) is 17.2 Å². The maximum absolute atomic E-state index is 13.6. The van der Waals surface area contributed by atoms with Crippen molar-refractivity contribution in [1.29, 1.82) is 0 Å². The van der Waals surface area contributed by atoms with Crippen molar-refractivity contribution >= 4 is 11.7 Å². The normalized spacial score (nSPS) is 17.6. The number of benzene rings is 2. The third-order valence-corrected chi connectivity index (χ3v) is 5.93. The number of methoxy groups -OCH3 is 1. The number of nitrogens with one attached hydrogen (secondary N) is 1. The smallest absolute Gasteiger partial charge is 0.416 e. The first-order valence-corrected chi connectivity index (χ1v) is 11.0. The van der Waals surface area contributed by atoms with Gasteiger partial charge in [-0.3, -0.25) is 9.79 Å². The van der Waals surface area contributed by atoms with Crippen LogP contribution in [0.4, 0.5) is 13.2 Å². The largest absolute Gasteiger partial charge is 0.493 e. The molecule has 2 aliphatic heterocycles. The average molecular weight is 474 g/mol. The number of halogens is 3. The summed E-state index contributed by atoms with van der Waals surface area (Å²) in [5, 5.41) is 11.7. The summed E-state index contributed by atoms with van der Waals surface area (Å²) in [6.45, 7) is 0.137. The summed E-state index contributed by atoms with van der Waals surface area (Å²) >= 11 is 0. The van der Waals surface area contributed by atoms with Gasteiger partial charge in [0.05, 0.1) is 19.2 Å². The predicted molar refractivity (Wildman–Crippen MR) is 120 cm³/mol. The van der Waals surface area contributed by atoms with Crippen LogP contribution in [0.5, 0.6) is 11.5 Å². The number of alkyl halides is 3. The number of piperidine rings is 1. The highest BCUT2D eigenvalue weighted by Crippen LogP contribution is 2.39. The molecule has 34 heavy (non-hydrogen) atoms. The number of carbonyl (C=O) groups excluding carboxylic acids is 1. The van der Waals surface area contributed by atoms with Gasteiger partial charge in [-0.05, 0) is 42.2 Å². The zero-order valence-corrected chi connectivity index (χ0v) is 18.6. The fraction of sp³-hybridized carbons (Fsp3) is 0.360. The van der Waals surface area contributed by atoms with E-state index in [1.54, 1.807) is 24.3 Å². The number of aryl methyl sites for hydroxylation is 1. The van der Waals surface area contributed by atoms with Gasteiger partial charge < -0.3 is 19.9 Å². The van der Waals surface area contributed by atoms with Crippen molar-refractivity contribution in [2.24, 2.45) is 4.99 Å². The Labute approximate surface area is 195 Å². The van der Waals surface area contributed by atoms with Gasteiger partial charge in [-0.15, -0.1) is 0 Å². The minimum absolute atomic E-state index is 0.00675. The van der Waals surface area contributed by atoms with Gasteiger partial charge in [-0.2, -0.15) is 13.2 Å². The molecular formula is C25H25F3N2O4. The van der Waals surface area contributed by atoms with E-state index in [9.17, 15) is 18.0 Å². The van der Waals surface area contributed by atoms with Crippen LogP contribution in [0.2, 0.25) is 0 Å². The van der Waals surface area contributed by atoms with Crippen LogP contribution in [-0.4, -0.2) is 37.1 Å². The molecule has 2 aromatic carbocycles. The topological polar surface area (TPSA) is 80.2 Å². The first-order valence-electron chi connectivity index (χ1n) is 11.0. The summed E-state index contributed by atoms with van der Waals surface area (Å²) in [5.74, 6) is 0.958. The Morgan fingerprint density at radius 2 is 2.00 bits per heavy atom. The Bertz CT molecular complexity index is 1140. The standard InChI is InChI=1S/C25H25F3N2O4/c1-33-22-12-16(19-13-23(32)30-24-18(19)8-9-29-24)6-7-21(22)34-14-17-5-4-15(3-2-10-31)11-20(17)25(26,27)28/h4-8,11-12,19,31H,2-3,9-10,13-14H2,1H3,(H,29,30,32). The number of amides is 1. The molecule has 2 aromatic rings. The second kappa shape index (κ2) is 9.89. The van der Waals surface area contributed by atoms with Gasteiger partial charge >= 0.3 is 6.18 Å². The first kappa shape index (κ1) is 23.8. The summed E-state index contributed by atoms with van der Waals surface area (Å²) in [7, 11) is 1.46. The number of ether oxygens (including phenoxy) is 2. The van der Waals surface area contributed by atoms with Gasteiger partial charge in [-0.1, -0.05) is 24.3 Å². The second-order valence-corrected chi connectivity index (χ2v) is 8.17. The average Bonchev–Trinajstić information content (AvgIpc) is 3.28. The number of hydrogen-bond acceptors (Lipinski definition) is 5. The summed E-state index contributed by atoms with van der Waals surface area (Å²) < 4.78 is 52.1. The molecule has 1 unspecified atom stereocenters. The SMILES string of the molecule is COc1cc(C2CC(=O)NC3=NCC=C32)ccc1OCc1ccc(CCCO)cc1C(F)(F)F. The monoisotopic (exact) mass is 474 g/mol. The first-order chi connectivity index (χ1) is 16.3. The lowest BCUT2D eigenvalue weighted by atomic mass is 9.85. The number of rotatable bonds is 8. The molecule has 1 fully saturated rings. The molecule has 0 spiro atoms. The lowest BCUT2D eigenvalue weighted by Gasteiger charge is -2.26. The van der Waals surface area contributed by atoms with Crippen molar-refractivity contribution in [3.63, 3.8) is 0 Å². The molecule has 0 aliphatic carbocycles. The Hall–Kier alpha value is -3.33. The van der Waals surface area contributed by atoms with Crippen LogP contribution >= 0.6 is 0 Å². The molecule has 180 valence electrons. The summed E-state index contributed by atoms with van der Waals surface area (Å²) in [6.07, 6.45) is -1.54. The third kappa shape index (κ3) is 5.09. The molecule has 9 heteroatoms. The van der Waals surface area contributed by atoms with Crippen LogP contribution in [0.25, 0.3) is 0 Å². The van der Waals surface area contributed by atoms with Crippen molar-refractivity contribution in [3.8, 4) is 11.5 Å². The molecule has 1 amide bonds. The zero-order chi connectivity index (χ0) is 24.3. The third-order valence-electron chi connectivity index (χ3n) is 5.93. The Morgan fingerprint density at radius 3 is 2.74 bits per heavy atom. The van der Waals surface area contributed by atoms with Gasteiger partial charge in [0, 0.05) is 30.1 Å². The highest BCUT2D eigenvalue weighted by atomic mass is 19.4. The maximum Gasteiger partial charge on any atom is 0.416 e. The van der Waals surface area contributed by atoms with Crippen LogP contribution in [0, 0.1) is 0 Å². The van der Waals surface area contributed by atoms with Gasteiger partial charge in [-0.25, -0.2) is 0 Å². The van der Waals surface area contributed by atoms with E-state index in [-0.39, 0.29) is 37.0 Å². The molecule has 2 N–H and O–H groups in total. The molecular weight excluding hydrogens is 449 g/mol. The van der Waals surface area contributed by atoms with Crippen LogP contribution in [0.1, 0.15) is 41.0 Å². The molecule has 1 atom stereocenters. The van der Waals surface area contributed by atoms with Crippen molar-refractivity contribution in [2.75, 3.05) is 20.3 Å². The molecule has 0 aromatic heterocycles. The maximum atomic E-state index is 13.6. The van der Waals surface area contributed by atoms with E-state index in [1.807, 2.05) is 6.08 Å². The number of aliphatic imine (C=N–C) groups is 1. The van der Waals surface area contributed by atoms with Crippen LogP contribution in [0.15, 0.2) is 53.0 Å². The van der Waals surface area contributed by atoms with Crippen molar-refractivity contribution in [1.82, 2.24) is 5.32 Å². The molecule has 1 saturated heterocycles. The fourth-order valence-electron chi connectivity index (χ4n) is 4.25. The summed E-state index contributed by atoms with van der Waals surface area (Å²) in [5.41, 5.74) is 1.54. The van der Waals surface area contributed by atoms with E-state index >= 15 is 0 Å². The van der Waals surface area contributed by atoms with E-state index in [1.165, 1.54) is 13.2 Å². The summed E-state index contributed by atoms with van der Waals surface area (Å²) in [6, 6.07) is 9.32. The lowest BCUT2D eigenvalue weighted by Crippen LogP contribution is -2.38. The summed E-state index contributed by atoms with van der Waals surface area (Å²) in [4.78, 5) is 16.4. The van der Waals surface area contributed by atoms with Crippen LogP contribution < -0.4 is 14.8 Å². The number of aliphatic hydroxyl groups excluding tert-OH is 1. The Morgan fingerprint density at radius 1 is 1.18 bits per heavy atom. The van der Waals surface area contributed by atoms with E-state index in [4.69, 9.17) is 14.6 Å². The quantitative estimate of drug-likeness (QED) is 0.602. The number of amidine groups is 1. The number of fused-ring (bicyclic) bond motifs is 1. The molecule has 4 rings (SSSR count). The number of hydrogen-bond donors (Lipinski definition) is 2. The minimum Gasteiger partial charge on any atom is -0.493 e. The Balaban J connectivity index is 1.55. The lowest BCUT2D eigenvalue weighted by molar-refractivity contribution is -0.138. The van der Waals surface area contributed by atoms with Gasteiger partial charge in [0.25, 0.3) is 0 Å². The minimum atomic E-state index is -4.53. The van der Waals surface area contributed by atoms with E-state index in [2.05, 4.69) is 10.3 Å². The number of nitrogens with zero attached hydrogens (tertiary/aromatic N) is 1. The van der Waals surface area contributed by atoms with Gasteiger partial charge in [0.15, 0.2) is 11.5 Å². The van der Waals surface area contributed by atoms with Crippen molar-refractivity contribution in [2.45, 2.75) is 38.0 Å². The van der Waals surface area contributed by atoms with Crippen LogP contribution in [-0.2, 0) is 24.0 Å². The number of aliphatic hydroxyl groups is 1. The van der Waals surface area contributed by atoms with E-state index in [0.29, 0.717) is 42.3 Å².